The minimum atomic E-state index is 0. The summed E-state index contributed by atoms with van der Waals surface area (Å²) < 4.78 is 0. The third-order valence-electron chi connectivity index (χ3n) is 0. The van der Waals surface area contributed by atoms with E-state index in [1.54, 1.807) is 6.92 Å². The van der Waals surface area contributed by atoms with Crippen molar-refractivity contribution in [2.75, 3.05) is 7.11 Å². The molecule has 0 aromatic rings. The van der Waals surface area contributed by atoms with E-state index in [4.69, 9.17) is 10.5 Å². The molecule has 0 rings (SSSR count). The van der Waals surface area contributed by atoms with Crippen molar-refractivity contribution in [2.24, 2.45) is 0 Å². The summed E-state index contributed by atoms with van der Waals surface area (Å²) in [5.41, 5.74) is 0. The van der Waals surface area contributed by atoms with Crippen LogP contribution in [0.15, 0.2) is 0 Å². The first-order valence-electron chi connectivity index (χ1n) is 1.28. The molecular weight excluding hydrogens is 155 g/mol. The Morgan fingerprint density at radius 1 is 1.50 bits per heavy atom. The van der Waals surface area contributed by atoms with Gasteiger partial charge in [-0.3, -0.25) is 0 Å². The van der Waals surface area contributed by atoms with Gasteiger partial charge in [-0.1, -0.05) is 6.92 Å². The Morgan fingerprint density at radius 3 is 1.50 bits per heavy atom. The van der Waals surface area contributed by atoms with E-state index >= 15 is 0 Å². The molecular formula is C3H8NOY-. The summed E-state index contributed by atoms with van der Waals surface area (Å²) in [5, 5.41) is 14.4. The molecule has 2 nitrogen and oxygen atoms in total. The van der Waals surface area contributed by atoms with Crippen LogP contribution in [0.5, 0.6) is 0 Å². The Kier molecular flexibility index (Phi) is 113. The van der Waals surface area contributed by atoms with Crippen LogP contribution in [0.1, 0.15) is 6.92 Å². The van der Waals surface area contributed by atoms with Gasteiger partial charge < -0.3 is 10.5 Å². The van der Waals surface area contributed by atoms with Crippen LogP contribution in [0.4, 0.5) is 0 Å². The summed E-state index contributed by atoms with van der Waals surface area (Å²) in [6, 6.07) is 0. The van der Waals surface area contributed by atoms with Crippen molar-refractivity contribution >= 4 is 6.21 Å². The Balaban J connectivity index is -0.0000000275. The van der Waals surface area contributed by atoms with Gasteiger partial charge in [0.1, 0.15) is 0 Å². The van der Waals surface area contributed by atoms with E-state index in [1.165, 1.54) is 0 Å². The van der Waals surface area contributed by atoms with Gasteiger partial charge in [-0.25, -0.2) is 6.21 Å². The Hall–Kier alpha value is 0.734. The fraction of sp³-hybridized carbons (Fsp3) is 0.667. The predicted octanol–water partition coefficient (Wildman–Crippen LogP) is 0.253. The molecule has 0 saturated heterocycles. The Labute approximate surface area is 63.3 Å². The summed E-state index contributed by atoms with van der Waals surface area (Å²) in [5.74, 6) is 0. The number of rotatable bonds is 0. The van der Waals surface area contributed by atoms with Gasteiger partial charge in [0, 0.05) is 39.8 Å². The summed E-state index contributed by atoms with van der Waals surface area (Å²) in [4.78, 5) is 0. The van der Waals surface area contributed by atoms with E-state index in [9.17, 15) is 0 Å². The molecule has 0 aromatic carbocycles. The zero-order chi connectivity index (χ0) is 4.71. The van der Waals surface area contributed by atoms with Crippen LogP contribution in [0.25, 0.3) is 5.41 Å². The van der Waals surface area contributed by atoms with E-state index in [2.05, 4.69) is 0 Å². The maximum absolute atomic E-state index is 7.44. The van der Waals surface area contributed by atoms with Crippen molar-refractivity contribution in [3.63, 3.8) is 0 Å². The SMILES string of the molecule is CC=[N-].CO.[Y]. The monoisotopic (exact) mass is 163 g/mol. The van der Waals surface area contributed by atoms with E-state index in [-0.39, 0.29) is 32.7 Å². The quantitative estimate of drug-likeness (QED) is 0.511. The average Bonchev–Trinajstić information content (AvgIpc) is 1.46. The minimum Gasteiger partial charge on any atom is -0.814 e. The standard InChI is InChI=1S/C2H4N.CH4O.Y/c1-2-3;1-2;/h2H,1H3;2H,1H3;/q-1;;. The predicted molar refractivity (Wildman–Crippen MR) is 23.2 cm³/mol. The molecule has 0 heterocycles. The van der Waals surface area contributed by atoms with Crippen LogP contribution >= 0.6 is 0 Å². The van der Waals surface area contributed by atoms with Crippen LogP contribution in [0.2, 0.25) is 0 Å². The van der Waals surface area contributed by atoms with Crippen molar-refractivity contribution in [3.8, 4) is 0 Å². The first-order valence-corrected chi connectivity index (χ1v) is 1.28. The number of hydrogen-bond acceptors (Lipinski definition) is 1. The van der Waals surface area contributed by atoms with Crippen molar-refractivity contribution in [2.45, 2.75) is 6.92 Å². The molecule has 0 atom stereocenters. The molecule has 1 N–H and O–H groups in total. The Bertz CT molecular complexity index is 18.3. The number of nitrogens with zero attached hydrogens (tertiary/aromatic N) is 1. The second-order valence-corrected chi connectivity index (χ2v) is 0.258. The van der Waals surface area contributed by atoms with Crippen molar-refractivity contribution in [1.82, 2.24) is 0 Å². The van der Waals surface area contributed by atoms with E-state index in [0.717, 1.165) is 13.3 Å². The van der Waals surface area contributed by atoms with Gasteiger partial charge in [-0.2, -0.15) is 0 Å². The minimum absolute atomic E-state index is 0. The molecule has 0 aliphatic carbocycles. The zero-order valence-electron chi connectivity index (χ0n) is 4.05. The normalized spacial score (nSPS) is 3.17. The van der Waals surface area contributed by atoms with Crippen LogP contribution in [-0.2, 0) is 32.7 Å². The fourth-order valence-electron chi connectivity index (χ4n) is 0. The first-order chi connectivity index (χ1) is 2.41. The molecule has 0 aliphatic heterocycles. The molecule has 0 fully saturated rings. The number of hydrogen-bond donors (Lipinski definition) is 1. The average molecular weight is 163 g/mol. The van der Waals surface area contributed by atoms with Crippen LogP contribution < -0.4 is 0 Å². The summed E-state index contributed by atoms with van der Waals surface area (Å²) in [7, 11) is 1.00. The molecule has 0 spiro atoms. The molecule has 0 saturated carbocycles. The number of aliphatic hydroxyl groups is 1. The van der Waals surface area contributed by atoms with Gasteiger partial charge in [0.2, 0.25) is 0 Å². The first kappa shape index (κ1) is 15.9. The van der Waals surface area contributed by atoms with Gasteiger partial charge in [0.05, 0.1) is 0 Å². The van der Waals surface area contributed by atoms with E-state index in [0.29, 0.717) is 0 Å². The van der Waals surface area contributed by atoms with Crippen LogP contribution in [0.3, 0.4) is 0 Å². The van der Waals surface area contributed by atoms with Crippen molar-refractivity contribution < 1.29 is 37.8 Å². The second kappa shape index (κ2) is 42.7. The fourth-order valence-corrected chi connectivity index (χ4v) is 0. The van der Waals surface area contributed by atoms with Gasteiger partial charge in [0.15, 0.2) is 0 Å². The Morgan fingerprint density at radius 2 is 1.50 bits per heavy atom. The zero-order valence-corrected chi connectivity index (χ0v) is 6.89. The molecule has 0 amide bonds. The topological polar surface area (TPSA) is 42.5 Å². The van der Waals surface area contributed by atoms with Gasteiger partial charge in [0.25, 0.3) is 0 Å². The summed E-state index contributed by atoms with van der Waals surface area (Å²) in [6.07, 6.45) is 1.00. The van der Waals surface area contributed by atoms with Gasteiger partial charge in [-0.05, 0) is 0 Å². The summed E-state index contributed by atoms with van der Waals surface area (Å²) in [6.45, 7) is 1.56. The molecule has 3 heteroatoms. The molecule has 35 valence electrons. The molecule has 0 bridgehead atoms. The molecule has 0 aliphatic rings. The molecule has 1 radical (unpaired) electrons. The van der Waals surface area contributed by atoms with Crippen LogP contribution in [-0.4, -0.2) is 18.4 Å². The largest absolute Gasteiger partial charge is 0.814 e. The maximum Gasteiger partial charge on any atom is 0.0319 e. The molecule has 6 heavy (non-hydrogen) atoms. The summed E-state index contributed by atoms with van der Waals surface area (Å²) >= 11 is 0. The van der Waals surface area contributed by atoms with Crippen molar-refractivity contribution in [3.05, 3.63) is 5.41 Å². The number of aliphatic hydroxyl groups excluding tert-OH is 1. The van der Waals surface area contributed by atoms with E-state index < -0.39 is 0 Å². The smallest absolute Gasteiger partial charge is 0.0319 e. The van der Waals surface area contributed by atoms with Gasteiger partial charge >= 0.3 is 0 Å². The van der Waals surface area contributed by atoms with Crippen molar-refractivity contribution in [1.29, 1.82) is 0 Å². The molecule has 0 aromatic heterocycles. The van der Waals surface area contributed by atoms with Gasteiger partial charge in [-0.15, -0.1) is 0 Å². The van der Waals surface area contributed by atoms with E-state index in [1.807, 2.05) is 0 Å². The second-order valence-electron chi connectivity index (χ2n) is 0.258. The third-order valence-corrected chi connectivity index (χ3v) is 0. The third kappa shape index (κ3) is 123. The maximum atomic E-state index is 7.44. The molecule has 0 unspecified atom stereocenters. The van der Waals surface area contributed by atoms with Crippen LogP contribution in [0, 0.1) is 0 Å².